The highest BCUT2D eigenvalue weighted by molar-refractivity contribution is 5.76. The minimum atomic E-state index is 0.533. The molecule has 0 aliphatic heterocycles. The fourth-order valence-electron chi connectivity index (χ4n) is 1.74. The summed E-state index contributed by atoms with van der Waals surface area (Å²) in [6, 6.07) is 14.9. The monoisotopic (exact) mass is 253 g/mol. The zero-order chi connectivity index (χ0) is 13.7. The summed E-state index contributed by atoms with van der Waals surface area (Å²) in [5.74, 6) is 0.772. The summed E-state index contributed by atoms with van der Waals surface area (Å²) in [7, 11) is 0. The van der Waals surface area contributed by atoms with Crippen LogP contribution in [0, 0.1) is 11.3 Å². The zero-order valence-corrected chi connectivity index (χ0v) is 10.7. The molecule has 96 valence electrons. The summed E-state index contributed by atoms with van der Waals surface area (Å²) in [5.41, 5.74) is 8.59. The van der Waals surface area contributed by atoms with E-state index in [-0.39, 0.29) is 0 Å². The van der Waals surface area contributed by atoms with Gasteiger partial charge in [-0.2, -0.15) is 5.26 Å². The van der Waals surface area contributed by atoms with Gasteiger partial charge in [0.15, 0.2) is 0 Å². The molecule has 0 saturated carbocycles. The van der Waals surface area contributed by atoms with Crippen molar-refractivity contribution in [3.8, 4) is 11.8 Å². The van der Waals surface area contributed by atoms with E-state index >= 15 is 0 Å². The number of rotatable bonds is 4. The number of hydrogen-bond donors (Lipinski definition) is 2. The topological polar surface area (TPSA) is 71.1 Å². The van der Waals surface area contributed by atoms with Crippen LogP contribution in [0.1, 0.15) is 12.5 Å². The van der Waals surface area contributed by atoms with E-state index in [1.165, 1.54) is 0 Å². The molecule has 4 heteroatoms. The Labute approximate surface area is 112 Å². The standard InChI is InChI=1S/C15H15N3O/c1-2-19-15-6-4-3-5-14(15)18-13-8-7-11(10-16)9-12(13)17/h3-9,18H,2,17H2,1H3. The van der Waals surface area contributed by atoms with Gasteiger partial charge in [-0.25, -0.2) is 0 Å². The maximum atomic E-state index is 8.81. The van der Waals surface area contributed by atoms with E-state index in [9.17, 15) is 0 Å². The number of ether oxygens (including phenoxy) is 1. The molecule has 0 aliphatic rings. The van der Waals surface area contributed by atoms with Crippen LogP contribution in [0.3, 0.4) is 0 Å². The van der Waals surface area contributed by atoms with Crippen molar-refractivity contribution < 1.29 is 4.74 Å². The molecule has 2 rings (SSSR count). The molecule has 4 nitrogen and oxygen atoms in total. The van der Waals surface area contributed by atoms with Gasteiger partial charge in [0, 0.05) is 0 Å². The lowest BCUT2D eigenvalue weighted by atomic mass is 10.2. The van der Waals surface area contributed by atoms with Crippen molar-refractivity contribution >= 4 is 17.1 Å². The molecule has 19 heavy (non-hydrogen) atoms. The predicted molar refractivity (Wildman–Crippen MR) is 76.5 cm³/mol. The molecule has 0 radical (unpaired) electrons. The van der Waals surface area contributed by atoms with Gasteiger partial charge in [0.25, 0.3) is 0 Å². The average molecular weight is 253 g/mol. The van der Waals surface area contributed by atoms with Gasteiger partial charge in [0.1, 0.15) is 5.75 Å². The normalized spacial score (nSPS) is 9.68. The number of nitrogens with one attached hydrogen (secondary N) is 1. The lowest BCUT2D eigenvalue weighted by molar-refractivity contribution is 0.342. The number of nitrogens with two attached hydrogens (primary N) is 1. The van der Waals surface area contributed by atoms with Crippen LogP contribution in [0.4, 0.5) is 17.1 Å². The highest BCUT2D eigenvalue weighted by Gasteiger charge is 2.05. The molecule has 2 aromatic rings. The number of nitrogen functional groups attached to an aromatic ring is 1. The first-order chi connectivity index (χ1) is 9.24. The Morgan fingerprint density at radius 1 is 1.21 bits per heavy atom. The molecule has 3 N–H and O–H groups in total. The molecule has 0 heterocycles. The molecule has 0 amide bonds. The van der Waals surface area contributed by atoms with Gasteiger partial charge in [-0.15, -0.1) is 0 Å². The molecule has 0 fully saturated rings. The molecule has 0 unspecified atom stereocenters. The molecular formula is C15H15N3O. The lowest BCUT2D eigenvalue weighted by Crippen LogP contribution is -2.00. The van der Waals surface area contributed by atoms with E-state index in [2.05, 4.69) is 11.4 Å². The van der Waals surface area contributed by atoms with Crippen molar-refractivity contribution in [3.05, 3.63) is 48.0 Å². The first kappa shape index (κ1) is 12.8. The predicted octanol–water partition coefficient (Wildman–Crippen LogP) is 3.28. The Hall–Kier alpha value is -2.67. The molecule has 0 aliphatic carbocycles. The highest BCUT2D eigenvalue weighted by Crippen LogP contribution is 2.30. The number of nitrogens with zero attached hydrogens (tertiary/aromatic N) is 1. The third-order valence-corrected chi connectivity index (χ3v) is 2.64. The van der Waals surface area contributed by atoms with E-state index in [1.54, 1.807) is 18.2 Å². The van der Waals surface area contributed by atoms with E-state index in [0.29, 0.717) is 17.9 Å². The lowest BCUT2D eigenvalue weighted by Gasteiger charge is -2.13. The van der Waals surface area contributed by atoms with Gasteiger partial charge in [-0.3, -0.25) is 0 Å². The first-order valence-electron chi connectivity index (χ1n) is 6.03. The van der Waals surface area contributed by atoms with Gasteiger partial charge in [0.05, 0.1) is 35.3 Å². The van der Waals surface area contributed by atoms with Crippen molar-refractivity contribution in [2.45, 2.75) is 6.92 Å². The highest BCUT2D eigenvalue weighted by atomic mass is 16.5. The van der Waals surface area contributed by atoms with E-state index in [1.807, 2.05) is 31.2 Å². The molecule has 0 saturated heterocycles. The van der Waals surface area contributed by atoms with Crippen LogP contribution in [-0.2, 0) is 0 Å². The Bertz CT molecular complexity index is 617. The number of anilines is 3. The molecule has 0 bridgehead atoms. The summed E-state index contributed by atoms with van der Waals surface area (Å²) in [5, 5.41) is 12.0. The number of hydrogen-bond acceptors (Lipinski definition) is 4. The zero-order valence-electron chi connectivity index (χ0n) is 10.7. The van der Waals surface area contributed by atoms with Crippen molar-refractivity contribution in [2.75, 3.05) is 17.7 Å². The maximum Gasteiger partial charge on any atom is 0.142 e. The molecule has 2 aromatic carbocycles. The quantitative estimate of drug-likeness (QED) is 0.820. The second kappa shape index (κ2) is 5.78. The van der Waals surface area contributed by atoms with Crippen LogP contribution in [0.5, 0.6) is 5.75 Å². The summed E-state index contributed by atoms with van der Waals surface area (Å²) < 4.78 is 5.54. The smallest absolute Gasteiger partial charge is 0.142 e. The van der Waals surface area contributed by atoms with Gasteiger partial charge in [0.2, 0.25) is 0 Å². The van der Waals surface area contributed by atoms with Crippen LogP contribution < -0.4 is 15.8 Å². The number of para-hydroxylation sites is 2. The fourth-order valence-corrected chi connectivity index (χ4v) is 1.74. The van der Waals surface area contributed by atoms with Crippen molar-refractivity contribution in [3.63, 3.8) is 0 Å². The van der Waals surface area contributed by atoms with E-state index < -0.39 is 0 Å². The Balaban J connectivity index is 2.29. The van der Waals surface area contributed by atoms with Crippen molar-refractivity contribution in [1.29, 1.82) is 5.26 Å². The van der Waals surface area contributed by atoms with E-state index in [0.717, 1.165) is 17.1 Å². The Morgan fingerprint density at radius 3 is 2.68 bits per heavy atom. The number of nitriles is 1. The maximum absolute atomic E-state index is 8.81. The SMILES string of the molecule is CCOc1ccccc1Nc1ccc(C#N)cc1N. The third kappa shape index (κ3) is 2.96. The second-order valence-corrected chi connectivity index (χ2v) is 3.97. The minimum Gasteiger partial charge on any atom is -0.492 e. The van der Waals surface area contributed by atoms with Crippen LogP contribution in [-0.4, -0.2) is 6.61 Å². The summed E-state index contributed by atoms with van der Waals surface area (Å²) in [6.45, 7) is 2.54. The van der Waals surface area contributed by atoms with Crippen LogP contribution in [0.15, 0.2) is 42.5 Å². The van der Waals surface area contributed by atoms with Crippen molar-refractivity contribution in [2.24, 2.45) is 0 Å². The third-order valence-electron chi connectivity index (χ3n) is 2.64. The average Bonchev–Trinajstić information content (AvgIpc) is 2.43. The van der Waals surface area contributed by atoms with E-state index in [4.69, 9.17) is 15.7 Å². The second-order valence-electron chi connectivity index (χ2n) is 3.97. The molecule has 0 aromatic heterocycles. The fraction of sp³-hybridized carbons (Fsp3) is 0.133. The van der Waals surface area contributed by atoms with Crippen LogP contribution in [0.25, 0.3) is 0 Å². The van der Waals surface area contributed by atoms with Gasteiger partial charge in [-0.05, 0) is 37.3 Å². The minimum absolute atomic E-state index is 0.533. The Kier molecular flexibility index (Phi) is 3.89. The van der Waals surface area contributed by atoms with Crippen LogP contribution >= 0.6 is 0 Å². The van der Waals surface area contributed by atoms with Gasteiger partial charge in [-0.1, -0.05) is 12.1 Å². The molecule has 0 atom stereocenters. The first-order valence-corrected chi connectivity index (χ1v) is 6.03. The summed E-state index contributed by atoms with van der Waals surface area (Å²) in [4.78, 5) is 0. The summed E-state index contributed by atoms with van der Waals surface area (Å²) >= 11 is 0. The number of benzene rings is 2. The molecule has 0 spiro atoms. The largest absolute Gasteiger partial charge is 0.492 e. The van der Waals surface area contributed by atoms with Gasteiger partial charge >= 0.3 is 0 Å². The Morgan fingerprint density at radius 2 is 2.00 bits per heavy atom. The van der Waals surface area contributed by atoms with Crippen LogP contribution in [0.2, 0.25) is 0 Å². The van der Waals surface area contributed by atoms with Gasteiger partial charge < -0.3 is 15.8 Å². The summed E-state index contributed by atoms with van der Waals surface area (Å²) in [6.07, 6.45) is 0. The van der Waals surface area contributed by atoms with Crippen molar-refractivity contribution in [1.82, 2.24) is 0 Å². The molecular weight excluding hydrogens is 238 g/mol.